The Morgan fingerprint density at radius 2 is 1.78 bits per heavy atom. The summed E-state index contributed by atoms with van der Waals surface area (Å²) in [5, 5.41) is 9.52. The smallest absolute Gasteiger partial charge is 0.352 e. The van der Waals surface area contributed by atoms with Crippen molar-refractivity contribution >= 4 is 5.97 Å². The Labute approximate surface area is 131 Å². The number of benzene rings is 2. The number of rotatable bonds is 2. The second-order valence-electron chi connectivity index (χ2n) is 5.30. The van der Waals surface area contributed by atoms with E-state index in [-0.39, 0.29) is 17.9 Å². The molecule has 2 heterocycles. The summed E-state index contributed by atoms with van der Waals surface area (Å²) in [4.78, 5) is 14.6. The van der Waals surface area contributed by atoms with Gasteiger partial charge in [0.1, 0.15) is 23.9 Å². The lowest BCUT2D eigenvalue weighted by atomic mass is 9.96. The molecule has 2 N–H and O–H groups in total. The fourth-order valence-electron chi connectivity index (χ4n) is 2.98. The van der Waals surface area contributed by atoms with Crippen LogP contribution >= 0.6 is 0 Å². The molecular formula is C18H12FNO3. The van der Waals surface area contributed by atoms with Gasteiger partial charge in [0.05, 0.1) is 5.69 Å². The van der Waals surface area contributed by atoms with Crippen LogP contribution < -0.4 is 4.74 Å². The Bertz CT molecular complexity index is 930. The number of aromatic nitrogens is 1. The van der Waals surface area contributed by atoms with Gasteiger partial charge in [0.2, 0.25) is 0 Å². The first-order valence-electron chi connectivity index (χ1n) is 7.12. The van der Waals surface area contributed by atoms with Gasteiger partial charge in [0.25, 0.3) is 0 Å². The summed E-state index contributed by atoms with van der Waals surface area (Å²) in [7, 11) is 0. The van der Waals surface area contributed by atoms with E-state index in [1.54, 1.807) is 18.2 Å². The Morgan fingerprint density at radius 3 is 2.52 bits per heavy atom. The minimum atomic E-state index is -1.13. The highest BCUT2D eigenvalue weighted by molar-refractivity contribution is 5.99. The highest BCUT2D eigenvalue weighted by atomic mass is 19.1. The van der Waals surface area contributed by atoms with Gasteiger partial charge in [-0.3, -0.25) is 0 Å². The van der Waals surface area contributed by atoms with Crippen molar-refractivity contribution in [2.45, 2.75) is 6.61 Å². The maximum atomic E-state index is 14.2. The minimum absolute atomic E-state index is 0.0274. The predicted octanol–water partition coefficient (Wildman–Crippen LogP) is 4.08. The fraction of sp³-hybridized carbons (Fsp3) is 0.0556. The van der Waals surface area contributed by atoms with E-state index < -0.39 is 11.8 Å². The van der Waals surface area contributed by atoms with E-state index in [0.717, 1.165) is 5.56 Å². The summed E-state index contributed by atoms with van der Waals surface area (Å²) < 4.78 is 19.9. The standard InChI is InChI=1S/C18H12FNO3/c19-13-7-3-1-5-10(13)15-12-9-23-14-8-4-2-6-11(14)16(12)20-17(15)18(21)22/h1-8,20H,9H2,(H,21,22). The Morgan fingerprint density at radius 1 is 1.09 bits per heavy atom. The third-order valence-corrected chi connectivity index (χ3v) is 3.99. The molecule has 114 valence electrons. The summed E-state index contributed by atoms with van der Waals surface area (Å²) in [5.74, 6) is -0.913. The number of para-hydroxylation sites is 1. The van der Waals surface area contributed by atoms with Gasteiger partial charge in [0.15, 0.2) is 0 Å². The average Bonchev–Trinajstić information content (AvgIpc) is 2.95. The van der Waals surface area contributed by atoms with Gasteiger partial charge in [-0.05, 0) is 18.2 Å². The number of nitrogens with one attached hydrogen (secondary N) is 1. The van der Waals surface area contributed by atoms with Crippen molar-refractivity contribution < 1.29 is 19.0 Å². The molecule has 0 saturated heterocycles. The van der Waals surface area contributed by atoms with Crippen LogP contribution in [0.1, 0.15) is 16.1 Å². The van der Waals surface area contributed by atoms with Crippen LogP contribution in [0.4, 0.5) is 4.39 Å². The Hall–Kier alpha value is -3.08. The predicted molar refractivity (Wildman–Crippen MR) is 82.9 cm³/mol. The summed E-state index contributed by atoms with van der Waals surface area (Å²) in [6.45, 7) is 0.194. The van der Waals surface area contributed by atoms with Crippen molar-refractivity contribution in [1.29, 1.82) is 0 Å². The second-order valence-corrected chi connectivity index (χ2v) is 5.30. The third-order valence-electron chi connectivity index (χ3n) is 3.99. The molecule has 0 saturated carbocycles. The first-order chi connectivity index (χ1) is 11.2. The van der Waals surface area contributed by atoms with Crippen LogP contribution in [-0.4, -0.2) is 16.1 Å². The molecule has 0 amide bonds. The highest BCUT2D eigenvalue weighted by Crippen LogP contribution is 2.43. The molecule has 1 aromatic heterocycles. The zero-order valence-electron chi connectivity index (χ0n) is 12.0. The van der Waals surface area contributed by atoms with Crippen molar-refractivity contribution in [2.24, 2.45) is 0 Å². The van der Waals surface area contributed by atoms with Gasteiger partial charge in [0, 0.05) is 22.3 Å². The molecule has 0 fully saturated rings. The van der Waals surface area contributed by atoms with Gasteiger partial charge in [-0.1, -0.05) is 30.3 Å². The van der Waals surface area contributed by atoms with Gasteiger partial charge >= 0.3 is 5.97 Å². The molecular weight excluding hydrogens is 297 g/mol. The van der Waals surface area contributed by atoms with Crippen LogP contribution in [0.2, 0.25) is 0 Å². The number of carboxylic acids is 1. The monoisotopic (exact) mass is 309 g/mol. The van der Waals surface area contributed by atoms with E-state index in [2.05, 4.69) is 4.98 Å². The summed E-state index contributed by atoms with van der Waals surface area (Å²) in [6, 6.07) is 13.5. The zero-order chi connectivity index (χ0) is 16.0. The highest BCUT2D eigenvalue weighted by Gasteiger charge is 2.29. The molecule has 0 unspecified atom stereocenters. The van der Waals surface area contributed by atoms with Crippen LogP contribution in [0.3, 0.4) is 0 Å². The van der Waals surface area contributed by atoms with E-state index in [1.807, 2.05) is 24.3 Å². The molecule has 1 aliphatic rings. The number of aromatic amines is 1. The molecule has 4 nitrogen and oxygen atoms in total. The maximum Gasteiger partial charge on any atom is 0.352 e. The number of aromatic carboxylic acids is 1. The zero-order valence-corrected chi connectivity index (χ0v) is 12.0. The molecule has 0 spiro atoms. The normalized spacial score (nSPS) is 12.2. The fourth-order valence-corrected chi connectivity index (χ4v) is 2.98. The first kappa shape index (κ1) is 13.6. The quantitative estimate of drug-likeness (QED) is 0.750. The Balaban J connectivity index is 2.04. The van der Waals surface area contributed by atoms with Crippen molar-refractivity contribution in [2.75, 3.05) is 0 Å². The molecule has 0 aliphatic carbocycles. The van der Waals surface area contributed by atoms with E-state index in [1.165, 1.54) is 6.07 Å². The number of carbonyl (C=O) groups is 1. The van der Waals surface area contributed by atoms with Crippen molar-refractivity contribution in [3.8, 4) is 28.1 Å². The van der Waals surface area contributed by atoms with Crippen molar-refractivity contribution in [3.63, 3.8) is 0 Å². The number of ether oxygens (including phenoxy) is 1. The second kappa shape index (κ2) is 4.98. The molecule has 5 heteroatoms. The van der Waals surface area contributed by atoms with Crippen LogP contribution in [-0.2, 0) is 6.61 Å². The van der Waals surface area contributed by atoms with Crippen LogP contribution in [0.15, 0.2) is 48.5 Å². The molecule has 0 radical (unpaired) electrons. The van der Waals surface area contributed by atoms with Gasteiger partial charge < -0.3 is 14.8 Å². The molecule has 2 aromatic carbocycles. The number of carboxylic acid groups (broad SMARTS) is 1. The lowest BCUT2D eigenvalue weighted by molar-refractivity contribution is 0.0692. The number of fused-ring (bicyclic) bond motifs is 3. The minimum Gasteiger partial charge on any atom is -0.488 e. The molecule has 23 heavy (non-hydrogen) atoms. The summed E-state index contributed by atoms with van der Waals surface area (Å²) in [5.41, 5.74) is 2.68. The lowest BCUT2D eigenvalue weighted by Gasteiger charge is -2.18. The molecule has 0 bridgehead atoms. The number of hydrogen-bond acceptors (Lipinski definition) is 2. The maximum absolute atomic E-state index is 14.2. The van der Waals surface area contributed by atoms with E-state index >= 15 is 0 Å². The van der Waals surface area contributed by atoms with E-state index in [9.17, 15) is 14.3 Å². The molecule has 0 atom stereocenters. The first-order valence-corrected chi connectivity index (χ1v) is 7.12. The van der Waals surface area contributed by atoms with Crippen molar-refractivity contribution in [3.05, 3.63) is 65.6 Å². The van der Waals surface area contributed by atoms with Crippen molar-refractivity contribution in [1.82, 2.24) is 4.98 Å². The third kappa shape index (κ3) is 2.01. The number of H-pyrrole nitrogens is 1. The van der Waals surface area contributed by atoms with Crippen LogP contribution in [0, 0.1) is 5.82 Å². The molecule has 3 aromatic rings. The largest absolute Gasteiger partial charge is 0.488 e. The summed E-state index contributed by atoms with van der Waals surface area (Å²) in [6.07, 6.45) is 0. The van der Waals surface area contributed by atoms with Gasteiger partial charge in [-0.25, -0.2) is 9.18 Å². The molecule has 4 rings (SSSR count). The number of hydrogen-bond donors (Lipinski definition) is 2. The average molecular weight is 309 g/mol. The SMILES string of the molecule is O=C(O)c1[nH]c2c(c1-c1ccccc1F)COc1ccccc1-2. The lowest BCUT2D eigenvalue weighted by Crippen LogP contribution is -2.05. The number of halogens is 1. The summed E-state index contributed by atoms with van der Waals surface area (Å²) >= 11 is 0. The van der Waals surface area contributed by atoms with Gasteiger partial charge in [-0.2, -0.15) is 0 Å². The van der Waals surface area contributed by atoms with E-state index in [0.29, 0.717) is 22.6 Å². The van der Waals surface area contributed by atoms with Gasteiger partial charge in [-0.15, -0.1) is 0 Å². The Kier molecular flexibility index (Phi) is 2.94. The van der Waals surface area contributed by atoms with Crippen LogP contribution in [0.25, 0.3) is 22.4 Å². The van der Waals surface area contributed by atoms with Crippen LogP contribution in [0.5, 0.6) is 5.75 Å². The van der Waals surface area contributed by atoms with E-state index in [4.69, 9.17) is 4.74 Å². The molecule has 1 aliphatic heterocycles. The topological polar surface area (TPSA) is 62.3 Å².